The first-order chi connectivity index (χ1) is 12.0. The van der Waals surface area contributed by atoms with Crippen molar-refractivity contribution in [2.45, 2.75) is 25.9 Å². The Hall–Kier alpha value is -2.40. The minimum atomic E-state index is -0.665. The van der Waals surface area contributed by atoms with Gasteiger partial charge in [-0.3, -0.25) is 9.59 Å². The number of hydrogen-bond acceptors (Lipinski definition) is 2. The molecule has 0 spiro atoms. The van der Waals surface area contributed by atoms with Crippen LogP contribution < -0.4 is 5.32 Å². The van der Waals surface area contributed by atoms with Gasteiger partial charge in [0.15, 0.2) is 0 Å². The Morgan fingerprint density at radius 2 is 2.08 bits per heavy atom. The van der Waals surface area contributed by atoms with Crippen molar-refractivity contribution in [3.63, 3.8) is 0 Å². The van der Waals surface area contributed by atoms with Crippen molar-refractivity contribution in [1.29, 1.82) is 0 Å². The second kappa shape index (κ2) is 7.23. The summed E-state index contributed by atoms with van der Waals surface area (Å²) in [5.41, 5.74) is 2.33. The lowest BCUT2D eigenvalue weighted by Crippen LogP contribution is -2.47. The summed E-state index contributed by atoms with van der Waals surface area (Å²) in [7, 11) is 0. The molecule has 0 radical (unpaired) electrons. The molecule has 130 valence electrons. The van der Waals surface area contributed by atoms with E-state index < -0.39 is 11.9 Å². The van der Waals surface area contributed by atoms with Crippen LogP contribution in [-0.4, -0.2) is 23.3 Å². The molecule has 0 unspecified atom stereocenters. The zero-order valence-electron chi connectivity index (χ0n) is 13.8. The molecule has 1 atom stereocenters. The van der Waals surface area contributed by atoms with Crippen LogP contribution in [0.25, 0.3) is 0 Å². The molecular formula is C19H18ClFN2O2. The van der Waals surface area contributed by atoms with Crippen LogP contribution >= 0.6 is 11.6 Å². The number of likely N-dealkylation sites (N-methyl/N-ethyl adjacent to an activating group) is 1. The van der Waals surface area contributed by atoms with E-state index in [0.29, 0.717) is 18.5 Å². The number of carbonyl (C=O) groups excluding carboxylic acids is 2. The van der Waals surface area contributed by atoms with Crippen LogP contribution in [0.15, 0.2) is 42.5 Å². The van der Waals surface area contributed by atoms with Gasteiger partial charge in [-0.1, -0.05) is 41.9 Å². The summed E-state index contributed by atoms with van der Waals surface area (Å²) in [5, 5.41) is 3.07. The molecule has 0 bridgehead atoms. The molecule has 2 aromatic carbocycles. The van der Waals surface area contributed by atoms with Gasteiger partial charge in [-0.05, 0) is 35.7 Å². The Morgan fingerprint density at radius 1 is 1.32 bits per heavy atom. The maximum atomic E-state index is 13.1. The molecule has 0 aliphatic carbocycles. The zero-order valence-corrected chi connectivity index (χ0v) is 14.5. The fraction of sp³-hybridized carbons (Fsp3) is 0.263. The van der Waals surface area contributed by atoms with Crippen molar-refractivity contribution < 1.29 is 14.0 Å². The predicted molar refractivity (Wildman–Crippen MR) is 93.5 cm³/mol. The average molecular weight is 361 g/mol. The number of fused-ring (bicyclic) bond motifs is 1. The summed E-state index contributed by atoms with van der Waals surface area (Å²) in [6.45, 7) is 2.47. The van der Waals surface area contributed by atoms with E-state index in [0.717, 1.165) is 11.1 Å². The normalized spacial score (nSPS) is 16.5. The van der Waals surface area contributed by atoms with Crippen molar-refractivity contribution in [3.8, 4) is 0 Å². The molecule has 1 N–H and O–H groups in total. The minimum absolute atomic E-state index is 0.0684. The Bertz CT molecular complexity index is 825. The van der Waals surface area contributed by atoms with E-state index in [4.69, 9.17) is 11.6 Å². The first kappa shape index (κ1) is 17.4. The van der Waals surface area contributed by atoms with Crippen LogP contribution in [-0.2, 0) is 22.6 Å². The molecule has 6 heteroatoms. The summed E-state index contributed by atoms with van der Waals surface area (Å²) < 4.78 is 13.1. The number of benzene rings is 2. The van der Waals surface area contributed by atoms with Gasteiger partial charge in [-0.15, -0.1) is 0 Å². The SMILES string of the molecule is CCN1C(=O)Cc2ccccc2[C@H]1C(=O)NCc1ccc(F)cc1Cl. The molecule has 0 saturated carbocycles. The van der Waals surface area contributed by atoms with Gasteiger partial charge in [-0.2, -0.15) is 0 Å². The third-order valence-corrected chi connectivity index (χ3v) is 4.73. The number of amides is 2. The van der Waals surface area contributed by atoms with Gasteiger partial charge in [0, 0.05) is 18.1 Å². The van der Waals surface area contributed by atoms with Crippen LogP contribution in [0.2, 0.25) is 5.02 Å². The number of rotatable bonds is 4. The lowest BCUT2D eigenvalue weighted by molar-refractivity contribution is -0.141. The number of halogens is 2. The number of carbonyl (C=O) groups is 2. The fourth-order valence-corrected chi connectivity index (χ4v) is 3.36. The monoisotopic (exact) mass is 360 g/mol. The smallest absolute Gasteiger partial charge is 0.247 e. The fourth-order valence-electron chi connectivity index (χ4n) is 3.12. The Balaban J connectivity index is 1.83. The highest BCUT2D eigenvalue weighted by Gasteiger charge is 2.35. The van der Waals surface area contributed by atoms with Crippen LogP contribution in [0.5, 0.6) is 0 Å². The lowest BCUT2D eigenvalue weighted by Gasteiger charge is -2.35. The van der Waals surface area contributed by atoms with Gasteiger partial charge in [0.25, 0.3) is 0 Å². The van der Waals surface area contributed by atoms with Gasteiger partial charge in [0.2, 0.25) is 11.8 Å². The molecule has 1 aliphatic rings. The molecular weight excluding hydrogens is 343 g/mol. The highest BCUT2D eigenvalue weighted by atomic mass is 35.5. The Morgan fingerprint density at radius 3 is 2.80 bits per heavy atom. The quantitative estimate of drug-likeness (QED) is 0.910. The second-order valence-corrected chi connectivity index (χ2v) is 6.32. The maximum absolute atomic E-state index is 13.1. The molecule has 2 aromatic rings. The summed E-state index contributed by atoms with van der Waals surface area (Å²) in [5.74, 6) is -0.770. The predicted octanol–water partition coefficient (Wildman–Crippen LogP) is 3.24. The highest BCUT2D eigenvalue weighted by Crippen LogP contribution is 2.30. The van der Waals surface area contributed by atoms with Gasteiger partial charge in [0.05, 0.1) is 6.42 Å². The van der Waals surface area contributed by atoms with E-state index in [1.165, 1.54) is 18.2 Å². The van der Waals surface area contributed by atoms with Gasteiger partial charge in [0.1, 0.15) is 11.9 Å². The first-order valence-corrected chi connectivity index (χ1v) is 8.48. The van der Waals surface area contributed by atoms with Gasteiger partial charge >= 0.3 is 0 Å². The van der Waals surface area contributed by atoms with E-state index in [1.54, 1.807) is 4.90 Å². The maximum Gasteiger partial charge on any atom is 0.247 e. The topological polar surface area (TPSA) is 49.4 Å². The standard InChI is InChI=1S/C19H18ClFN2O2/c1-2-23-17(24)9-12-5-3-4-6-15(12)18(23)19(25)22-11-13-7-8-14(21)10-16(13)20/h3-8,10,18H,2,9,11H2,1H3,(H,22,25)/t18-/m0/s1. The van der Waals surface area contributed by atoms with Crippen LogP contribution in [0.1, 0.15) is 29.7 Å². The third-order valence-electron chi connectivity index (χ3n) is 4.38. The Labute approximate surface area is 150 Å². The largest absolute Gasteiger partial charge is 0.350 e. The van der Waals surface area contributed by atoms with Gasteiger partial charge < -0.3 is 10.2 Å². The molecule has 0 aromatic heterocycles. The van der Waals surface area contributed by atoms with Crippen molar-refractivity contribution in [1.82, 2.24) is 10.2 Å². The van der Waals surface area contributed by atoms with E-state index >= 15 is 0 Å². The minimum Gasteiger partial charge on any atom is -0.350 e. The lowest BCUT2D eigenvalue weighted by atomic mass is 9.91. The van der Waals surface area contributed by atoms with Crippen LogP contribution in [0.4, 0.5) is 4.39 Å². The van der Waals surface area contributed by atoms with Crippen LogP contribution in [0, 0.1) is 5.82 Å². The number of hydrogen-bond donors (Lipinski definition) is 1. The highest BCUT2D eigenvalue weighted by molar-refractivity contribution is 6.31. The average Bonchev–Trinajstić information content (AvgIpc) is 2.59. The molecule has 0 saturated heterocycles. The third kappa shape index (κ3) is 3.51. The van der Waals surface area contributed by atoms with E-state index in [1.807, 2.05) is 31.2 Å². The number of nitrogens with one attached hydrogen (secondary N) is 1. The zero-order chi connectivity index (χ0) is 18.0. The van der Waals surface area contributed by atoms with Crippen molar-refractivity contribution in [2.75, 3.05) is 6.54 Å². The van der Waals surface area contributed by atoms with Gasteiger partial charge in [-0.25, -0.2) is 4.39 Å². The summed E-state index contributed by atoms with van der Waals surface area (Å²) in [4.78, 5) is 26.7. The molecule has 1 aliphatic heterocycles. The first-order valence-electron chi connectivity index (χ1n) is 8.10. The Kier molecular flexibility index (Phi) is 5.04. The molecule has 4 nitrogen and oxygen atoms in total. The van der Waals surface area contributed by atoms with E-state index in [-0.39, 0.29) is 23.4 Å². The van der Waals surface area contributed by atoms with Crippen molar-refractivity contribution in [3.05, 3.63) is 70.0 Å². The molecule has 3 rings (SSSR count). The summed E-state index contributed by atoms with van der Waals surface area (Å²) in [6, 6.07) is 10.8. The summed E-state index contributed by atoms with van der Waals surface area (Å²) >= 11 is 6.00. The van der Waals surface area contributed by atoms with Crippen LogP contribution in [0.3, 0.4) is 0 Å². The van der Waals surface area contributed by atoms with E-state index in [2.05, 4.69) is 5.32 Å². The number of nitrogens with zero attached hydrogens (tertiary/aromatic N) is 1. The van der Waals surface area contributed by atoms with Crippen molar-refractivity contribution in [2.24, 2.45) is 0 Å². The van der Waals surface area contributed by atoms with Crippen molar-refractivity contribution >= 4 is 23.4 Å². The molecule has 0 fully saturated rings. The molecule has 1 heterocycles. The van der Waals surface area contributed by atoms with E-state index in [9.17, 15) is 14.0 Å². The second-order valence-electron chi connectivity index (χ2n) is 5.91. The molecule has 25 heavy (non-hydrogen) atoms. The molecule has 2 amide bonds. The summed E-state index contributed by atoms with van der Waals surface area (Å²) in [6.07, 6.45) is 0.303.